The van der Waals surface area contributed by atoms with Crippen LogP contribution in [0.3, 0.4) is 0 Å². The number of carbonyl (C=O) groups excluding carboxylic acids is 2. The maximum atomic E-state index is 13.3. The van der Waals surface area contributed by atoms with E-state index in [0.717, 1.165) is 44.3 Å². The molecule has 1 aliphatic carbocycles. The minimum Gasteiger partial charge on any atom is -0.335 e. The van der Waals surface area contributed by atoms with Gasteiger partial charge in [-0.05, 0) is 45.1 Å². The van der Waals surface area contributed by atoms with Gasteiger partial charge < -0.3 is 10.2 Å². The molecular weight excluding hydrogens is 424 g/mol. The van der Waals surface area contributed by atoms with Gasteiger partial charge in [0.25, 0.3) is 5.91 Å². The minimum absolute atomic E-state index is 0.00178. The molecule has 1 unspecified atom stereocenters. The number of fused-ring (bicyclic) bond motifs is 1. The van der Waals surface area contributed by atoms with Crippen LogP contribution in [0.25, 0.3) is 17.0 Å². The molecule has 0 aromatic carbocycles. The fraction of sp³-hybridized carbons (Fsp3) is 0.522. The van der Waals surface area contributed by atoms with Gasteiger partial charge >= 0.3 is 0 Å². The molecule has 1 saturated carbocycles. The van der Waals surface area contributed by atoms with Gasteiger partial charge in [-0.3, -0.25) is 9.59 Å². The molecule has 9 heteroatoms. The van der Waals surface area contributed by atoms with Gasteiger partial charge in [-0.25, -0.2) is 14.5 Å². The lowest BCUT2D eigenvalue weighted by molar-refractivity contribution is -0.117. The van der Waals surface area contributed by atoms with E-state index in [9.17, 15) is 9.59 Å². The van der Waals surface area contributed by atoms with E-state index in [1.807, 2.05) is 29.3 Å². The van der Waals surface area contributed by atoms with Crippen molar-refractivity contribution in [1.29, 1.82) is 0 Å². The van der Waals surface area contributed by atoms with Gasteiger partial charge in [0.15, 0.2) is 10.8 Å². The average molecular weight is 453 g/mol. The first-order valence-corrected chi connectivity index (χ1v) is 12.4. The van der Waals surface area contributed by atoms with E-state index in [4.69, 9.17) is 5.10 Å². The maximum absolute atomic E-state index is 13.3. The van der Waals surface area contributed by atoms with Crippen LogP contribution in [-0.4, -0.2) is 48.9 Å². The van der Waals surface area contributed by atoms with E-state index in [1.54, 1.807) is 4.52 Å². The topological polar surface area (TPSA) is 92.5 Å². The third kappa shape index (κ3) is 4.13. The Balaban J connectivity index is 1.44. The molecule has 4 heterocycles. The number of likely N-dealkylation sites (tertiary alicyclic amines) is 1. The Morgan fingerprint density at radius 1 is 1.12 bits per heavy atom. The van der Waals surface area contributed by atoms with Crippen LogP contribution in [0.2, 0.25) is 0 Å². The van der Waals surface area contributed by atoms with E-state index >= 15 is 0 Å². The second-order valence-corrected chi connectivity index (χ2v) is 9.64. The standard InChI is InChI=1S/C23H28N6O2S/c1-3-16-11-18(22(31)28-10-6-4-5-7-14(28)2)24-20-12-17(27-29(16)20)19-13-32-23(25-19)26-21(30)15-8-9-15/h11-15H,3-10H2,1-2H3,(H,25,26,30). The summed E-state index contributed by atoms with van der Waals surface area (Å²) in [7, 11) is 0. The van der Waals surface area contributed by atoms with Crippen molar-refractivity contribution in [3.63, 3.8) is 0 Å². The van der Waals surface area contributed by atoms with Crippen molar-refractivity contribution in [2.24, 2.45) is 5.92 Å². The second-order valence-electron chi connectivity index (χ2n) is 8.78. The quantitative estimate of drug-likeness (QED) is 0.627. The minimum atomic E-state index is -0.00178. The molecule has 1 N–H and O–H groups in total. The average Bonchev–Trinajstić information content (AvgIpc) is 3.46. The summed E-state index contributed by atoms with van der Waals surface area (Å²) in [6.45, 7) is 4.96. The van der Waals surface area contributed by atoms with Gasteiger partial charge in [-0.15, -0.1) is 11.3 Å². The molecule has 32 heavy (non-hydrogen) atoms. The van der Waals surface area contributed by atoms with Crippen LogP contribution in [0.15, 0.2) is 17.5 Å². The Morgan fingerprint density at radius 3 is 2.75 bits per heavy atom. The third-order valence-electron chi connectivity index (χ3n) is 6.34. The summed E-state index contributed by atoms with van der Waals surface area (Å²) in [6, 6.07) is 3.96. The first kappa shape index (κ1) is 21.1. The lowest BCUT2D eigenvalue weighted by Gasteiger charge is -2.27. The largest absolute Gasteiger partial charge is 0.335 e. The molecule has 0 radical (unpaired) electrons. The predicted octanol–water partition coefficient (Wildman–Crippen LogP) is 4.17. The Morgan fingerprint density at radius 2 is 1.97 bits per heavy atom. The van der Waals surface area contributed by atoms with Gasteiger partial charge in [-0.1, -0.05) is 19.8 Å². The van der Waals surface area contributed by atoms with Crippen LogP contribution in [0.1, 0.15) is 68.6 Å². The van der Waals surface area contributed by atoms with Crippen molar-refractivity contribution in [1.82, 2.24) is 24.5 Å². The van der Waals surface area contributed by atoms with Gasteiger partial charge in [-0.2, -0.15) is 5.10 Å². The Labute approximate surface area is 191 Å². The Hall–Kier alpha value is -2.81. The normalized spacial score (nSPS) is 19.2. The van der Waals surface area contributed by atoms with E-state index < -0.39 is 0 Å². The molecule has 8 nitrogen and oxygen atoms in total. The van der Waals surface area contributed by atoms with Gasteiger partial charge in [0.2, 0.25) is 5.91 Å². The Kier molecular flexibility index (Phi) is 5.67. The van der Waals surface area contributed by atoms with E-state index in [1.165, 1.54) is 24.2 Å². The molecule has 2 fully saturated rings. The van der Waals surface area contributed by atoms with Crippen molar-refractivity contribution in [2.45, 2.75) is 64.8 Å². The number of nitrogens with zero attached hydrogens (tertiary/aromatic N) is 5. The van der Waals surface area contributed by atoms with Crippen molar-refractivity contribution < 1.29 is 9.59 Å². The number of aromatic nitrogens is 4. The number of carbonyl (C=O) groups is 2. The lowest BCUT2D eigenvalue weighted by atomic mass is 10.1. The number of hydrogen-bond acceptors (Lipinski definition) is 6. The van der Waals surface area contributed by atoms with E-state index in [-0.39, 0.29) is 23.8 Å². The summed E-state index contributed by atoms with van der Waals surface area (Å²) in [5.41, 5.74) is 3.43. The number of hydrogen-bond donors (Lipinski definition) is 1. The summed E-state index contributed by atoms with van der Waals surface area (Å²) in [5.74, 6) is 0.177. The fourth-order valence-electron chi connectivity index (χ4n) is 4.25. The number of thiazole rings is 1. The molecule has 1 saturated heterocycles. The zero-order valence-corrected chi connectivity index (χ0v) is 19.3. The molecule has 1 aliphatic heterocycles. The number of nitrogens with one attached hydrogen (secondary N) is 1. The second kappa shape index (κ2) is 8.61. The lowest BCUT2D eigenvalue weighted by Crippen LogP contribution is -2.38. The molecule has 3 aromatic rings. The smallest absolute Gasteiger partial charge is 0.272 e. The van der Waals surface area contributed by atoms with Crippen molar-refractivity contribution in [3.8, 4) is 11.4 Å². The van der Waals surface area contributed by atoms with Crippen LogP contribution in [0.4, 0.5) is 5.13 Å². The molecular formula is C23H28N6O2S. The van der Waals surface area contributed by atoms with Gasteiger partial charge in [0, 0.05) is 35.6 Å². The van der Waals surface area contributed by atoms with Crippen molar-refractivity contribution in [3.05, 3.63) is 28.9 Å². The first-order chi connectivity index (χ1) is 15.5. The SMILES string of the molecule is CCc1cc(C(=O)N2CCCCCC2C)nc2cc(-c3csc(NC(=O)C4CC4)n3)nn12. The van der Waals surface area contributed by atoms with E-state index in [0.29, 0.717) is 27.9 Å². The summed E-state index contributed by atoms with van der Waals surface area (Å²) >= 11 is 1.39. The fourth-order valence-corrected chi connectivity index (χ4v) is 4.96. The molecule has 3 aromatic heterocycles. The maximum Gasteiger partial charge on any atom is 0.272 e. The predicted molar refractivity (Wildman–Crippen MR) is 124 cm³/mol. The summed E-state index contributed by atoms with van der Waals surface area (Å²) in [5, 5.41) is 10.1. The molecule has 2 amide bonds. The van der Waals surface area contributed by atoms with Gasteiger partial charge in [0.05, 0.1) is 0 Å². The third-order valence-corrected chi connectivity index (χ3v) is 7.10. The highest BCUT2D eigenvalue weighted by atomic mass is 32.1. The summed E-state index contributed by atoms with van der Waals surface area (Å²) in [6.07, 6.45) is 7.06. The van der Waals surface area contributed by atoms with Crippen LogP contribution in [0.5, 0.6) is 0 Å². The summed E-state index contributed by atoms with van der Waals surface area (Å²) in [4.78, 5) is 36.5. The summed E-state index contributed by atoms with van der Waals surface area (Å²) < 4.78 is 1.79. The highest BCUT2D eigenvalue weighted by Gasteiger charge is 2.30. The number of rotatable bonds is 5. The van der Waals surface area contributed by atoms with Crippen molar-refractivity contribution >= 4 is 33.9 Å². The van der Waals surface area contributed by atoms with Crippen LogP contribution in [0, 0.1) is 5.92 Å². The van der Waals surface area contributed by atoms with Crippen LogP contribution < -0.4 is 5.32 Å². The monoisotopic (exact) mass is 452 g/mol. The Bertz CT molecular complexity index is 1160. The molecule has 1 atom stereocenters. The zero-order chi connectivity index (χ0) is 22.2. The molecule has 168 valence electrons. The molecule has 0 spiro atoms. The zero-order valence-electron chi connectivity index (χ0n) is 18.5. The molecule has 0 bridgehead atoms. The van der Waals surface area contributed by atoms with Gasteiger partial charge in [0.1, 0.15) is 17.1 Å². The number of aryl methyl sites for hydroxylation is 1. The highest BCUT2D eigenvalue weighted by Crippen LogP contribution is 2.32. The number of amides is 2. The molecule has 5 rings (SSSR count). The number of anilines is 1. The van der Waals surface area contributed by atoms with E-state index in [2.05, 4.69) is 22.2 Å². The highest BCUT2D eigenvalue weighted by molar-refractivity contribution is 7.14. The van der Waals surface area contributed by atoms with Crippen LogP contribution >= 0.6 is 11.3 Å². The first-order valence-electron chi connectivity index (χ1n) is 11.5. The molecule has 2 aliphatic rings. The van der Waals surface area contributed by atoms with Crippen molar-refractivity contribution in [2.75, 3.05) is 11.9 Å². The van der Waals surface area contributed by atoms with Crippen LogP contribution in [-0.2, 0) is 11.2 Å².